The van der Waals surface area contributed by atoms with Gasteiger partial charge in [-0.15, -0.1) is 0 Å². The maximum absolute atomic E-state index is 7.02. The topological polar surface area (TPSA) is 44.2 Å². The second-order valence-electron chi connectivity index (χ2n) is 14.1. The molecule has 4 heteroatoms. The molecule has 8 aromatic rings. The van der Waals surface area contributed by atoms with Gasteiger partial charge in [-0.05, 0) is 57.6 Å². The quantitative estimate of drug-likeness (QED) is 0.181. The Balaban J connectivity index is 1.13. The Hall–Kier alpha value is -6.78. The van der Waals surface area contributed by atoms with E-state index in [-0.39, 0.29) is 5.41 Å². The van der Waals surface area contributed by atoms with Crippen molar-refractivity contribution in [2.45, 2.75) is 19.3 Å². The van der Waals surface area contributed by atoms with Crippen molar-refractivity contribution in [1.29, 1.82) is 0 Å². The van der Waals surface area contributed by atoms with Crippen molar-refractivity contribution < 1.29 is 9.47 Å². The van der Waals surface area contributed by atoms with E-state index in [2.05, 4.69) is 135 Å². The molecule has 0 radical (unpaired) electrons. The summed E-state index contributed by atoms with van der Waals surface area (Å²) in [6.45, 7) is 4.55. The number of benzene rings is 7. The summed E-state index contributed by atoms with van der Waals surface area (Å²) in [7, 11) is 0. The molecule has 1 aliphatic heterocycles. The fraction of sp³-hybridized carbons (Fsp3) is 0.0612. The van der Waals surface area contributed by atoms with Crippen molar-refractivity contribution in [3.05, 3.63) is 181 Å². The van der Waals surface area contributed by atoms with Crippen LogP contribution in [0.15, 0.2) is 170 Å². The van der Waals surface area contributed by atoms with Crippen LogP contribution in [0.4, 0.5) is 0 Å². The highest BCUT2D eigenvalue weighted by atomic mass is 16.6. The van der Waals surface area contributed by atoms with Crippen LogP contribution < -0.4 is 9.47 Å². The monoisotopic (exact) mass is 682 g/mol. The van der Waals surface area contributed by atoms with Crippen LogP contribution in [0.5, 0.6) is 23.0 Å². The predicted molar refractivity (Wildman–Crippen MR) is 213 cm³/mol. The molecule has 1 aliphatic carbocycles. The Morgan fingerprint density at radius 2 is 0.981 bits per heavy atom. The number of hydrogen-bond acceptors (Lipinski definition) is 4. The van der Waals surface area contributed by atoms with Crippen molar-refractivity contribution in [1.82, 2.24) is 9.97 Å². The van der Waals surface area contributed by atoms with E-state index in [9.17, 15) is 0 Å². The van der Waals surface area contributed by atoms with E-state index in [0.29, 0.717) is 17.3 Å². The molecule has 0 spiro atoms. The minimum atomic E-state index is -0.157. The number of aromatic nitrogens is 2. The summed E-state index contributed by atoms with van der Waals surface area (Å²) in [5.74, 6) is 3.45. The normalized spacial score (nSPS) is 13.2. The Bertz CT molecular complexity index is 2700. The highest BCUT2D eigenvalue weighted by Gasteiger charge is 2.40. The SMILES string of the molecule is CC1(C)c2ccccc2-c2c1ccc1c2Oc2c(cccc2-c2ccccc2-c2nc(-c3ccccc3)cc(-c3cccc(-c4ccccc4)c3)n2)O1. The van der Waals surface area contributed by atoms with Gasteiger partial charge in [-0.2, -0.15) is 0 Å². The van der Waals surface area contributed by atoms with Gasteiger partial charge in [0.15, 0.2) is 28.8 Å². The van der Waals surface area contributed by atoms with Crippen molar-refractivity contribution >= 4 is 0 Å². The third kappa shape index (κ3) is 5.14. The van der Waals surface area contributed by atoms with E-state index in [1.54, 1.807) is 0 Å². The molecule has 0 fully saturated rings. The lowest BCUT2D eigenvalue weighted by Gasteiger charge is -2.26. The zero-order valence-corrected chi connectivity index (χ0v) is 29.4. The second kappa shape index (κ2) is 12.2. The van der Waals surface area contributed by atoms with E-state index >= 15 is 0 Å². The van der Waals surface area contributed by atoms with E-state index in [1.165, 1.54) is 16.7 Å². The fourth-order valence-corrected chi connectivity index (χ4v) is 7.93. The molecule has 0 saturated carbocycles. The van der Waals surface area contributed by atoms with Crippen LogP contribution in [0.2, 0.25) is 0 Å². The first-order valence-corrected chi connectivity index (χ1v) is 18.0. The molecule has 10 rings (SSSR count). The Labute approximate surface area is 309 Å². The molecule has 2 aliphatic rings. The van der Waals surface area contributed by atoms with Crippen LogP contribution in [0.25, 0.3) is 67.3 Å². The molecule has 0 N–H and O–H groups in total. The zero-order valence-electron chi connectivity index (χ0n) is 29.4. The predicted octanol–water partition coefficient (Wildman–Crippen LogP) is 13.0. The lowest BCUT2D eigenvalue weighted by atomic mass is 9.82. The second-order valence-corrected chi connectivity index (χ2v) is 14.1. The molecule has 53 heavy (non-hydrogen) atoms. The van der Waals surface area contributed by atoms with Crippen LogP contribution in [0.1, 0.15) is 25.0 Å². The first-order chi connectivity index (χ1) is 26.0. The van der Waals surface area contributed by atoms with Crippen LogP contribution in [-0.4, -0.2) is 9.97 Å². The summed E-state index contributed by atoms with van der Waals surface area (Å²) in [5.41, 5.74) is 13.5. The summed E-state index contributed by atoms with van der Waals surface area (Å²) in [4.78, 5) is 10.5. The average Bonchev–Trinajstić information content (AvgIpc) is 3.46. The molecule has 7 aromatic carbocycles. The molecule has 0 amide bonds. The third-order valence-electron chi connectivity index (χ3n) is 10.6. The smallest absolute Gasteiger partial charge is 0.178 e. The van der Waals surface area contributed by atoms with E-state index in [4.69, 9.17) is 19.4 Å². The summed E-state index contributed by atoms with van der Waals surface area (Å²) in [6.07, 6.45) is 0. The fourth-order valence-electron chi connectivity index (χ4n) is 7.93. The van der Waals surface area contributed by atoms with Crippen molar-refractivity contribution in [3.63, 3.8) is 0 Å². The minimum absolute atomic E-state index is 0.157. The molecule has 0 atom stereocenters. The van der Waals surface area contributed by atoms with Crippen LogP contribution in [0.3, 0.4) is 0 Å². The molecule has 0 bridgehead atoms. The summed E-state index contributed by atoms with van der Waals surface area (Å²) < 4.78 is 13.7. The molecular formula is C49H34N2O2. The van der Waals surface area contributed by atoms with Gasteiger partial charge in [0.25, 0.3) is 0 Å². The number of ether oxygens (including phenoxy) is 2. The zero-order chi connectivity index (χ0) is 35.5. The molecule has 0 saturated heterocycles. The third-order valence-corrected chi connectivity index (χ3v) is 10.6. The van der Waals surface area contributed by atoms with Crippen LogP contribution >= 0.6 is 0 Å². The number of fused-ring (bicyclic) bond motifs is 6. The van der Waals surface area contributed by atoms with Gasteiger partial charge in [-0.25, -0.2) is 9.97 Å². The Morgan fingerprint density at radius 3 is 1.77 bits per heavy atom. The maximum Gasteiger partial charge on any atom is 0.178 e. The van der Waals surface area contributed by atoms with Gasteiger partial charge in [-0.3, -0.25) is 0 Å². The molecule has 0 unspecified atom stereocenters. The van der Waals surface area contributed by atoms with Crippen LogP contribution in [-0.2, 0) is 5.41 Å². The minimum Gasteiger partial charge on any atom is -0.449 e. The van der Waals surface area contributed by atoms with Gasteiger partial charge >= 0.3 is 0 Å². The van der Waals surface area contributed by atoms with Gasteiger partial charge < -0.3 is 9.47 Å². The first kappa shape index (κ1) is 31.0. The first-order valence-electron chi connectivity index (χ1n) is 18.0. The molecular weight excluding hydrogens is 649 g/mol. The Morgan fingerprint density at radius 1 is 0.396 bits per heavy atom. The molecule has 1 aromatic heterocycles. The number of nitrogens with zero attached hydrogens (tertiary/aromatic N) is 2. The highest BCUT2D eigenvalue weighted by Crippen LogP contribution is 2.59. The standard InChI is InChI=1S/C49H34N2O2/c1-49(2)39-25-12-11-23-38(39)45-40(49)27-28-44-47(45)53-46-36(24-14-26-43(46)52-44)35-21-9-10-22-37(35)48-50-41(32-17-7-4-8-18-32)30-42(51-48)34-20-13-19-33(29-34)31-15-5-3-6-16-31/h3-30H,1-2H3. The number of rotatable bonds is 5. The van der Waals surface area contributed by atoms with Gasteiger partial charge in [0.2, 0.25) is 0 Å². The largest absolute Gasteiger partial charge is 0.449 e. The number of hydrogen-bond donors (Lipinski definition) is 0. The van der Waals surface area contributed by atoms with E-state index in [1.807, 2.05) is 48.5 Å². The van der Waals surface area contributed by atoms with Crippen LogP contribution in [0, 0.1) is 0 Å². The highest BCUT2D eigenvalue weighted by molar-refractivity contribution is 5.91. The summed E-state index contributed by atoms with van der Waals surface area (Å²) in [5, 5.41) is 0. The lowest BCUT2D eigenvalue weighted by Crippen LogP contribution is -2.15. The van der Waals surface area contributed by atoms with E-state index < -0.39 is 0 Å². The molecule has 252 valence electrons. The maximum atomic E-state index is 7.02. The summed E-state index contributed by atoms with van der Waals surface area (Å²) >= 11 is 0. The number of para-hydroxylation sites is 1. The van der Waals surface area contributed by atoms with Crippen molar-refractivity contribution in [2.24, 2.45) is 0 Å². The summed E-state index contributed by atoms with van der Waals surface area (Å²) in [6, 6.07) is 58.6. The van der Waals surface area contributed by atoms with Gasteiger partial charge in [0.05, 0.1) is 11.4 Å². The molecule has 4 nitrogen and oxygen atoms in total. The van der Waals surface area contributed by atoms with Gasteiger partial charge in [0.1, 0.15) is 0 Å². The molecule has 2 heterocycles. The van der Waals surface area contributed by atoms with E-state index in [0.717, 1.165) is 67.4 Å². The average molecular weight is 683 g/mol. The van der Waals surface area contributed by atoms with Crippen molar-refractivity contribution in [3.8, 4) is 90.3 Å². The van der Waals surface area contributed by atoms with Gasteiger partial charge in [-0.1, -0.05) is 159 Å². The van der Waals surface area contributed by atoms with Gasteiger partial charge in [0, 0.05) is 33.2 Å². The Kier molecular flexibility index (Phi) is 7.12. The van der Waals surface area contributed by atoms with Crippen molar-refractivity contribution in [2.75, 3.05) is 0 Å². The lowest BCUT2D eigenvalue weighted by molar-refractivity contribution is 0.361.